The Kier molecular flexibility index (Phi) is 11.2. The molecule has 9 heteroatoms. The Balaban J connectivity index is 1.37. The van der Waals surface area contributed by atoms with Gasteiger partial charge in [-0.3, -0.25) is 4.79 Å². The molecule has 2 saturated heterocycles. The molecule has 1 amide bonds. The summed E-state index contributed by atoms with van der Waals surface area (Å²) in [5.41, 5.74) is 3.92. The molecule has 0 saturated carbocycles. The molecule has 45 heavy (non-hydrogen) atoms. The number of hydrogen-bond acceptors (Lipinski definition) is 7. The minimum absolute atomic E-state index is 0.0175. The van der Waals surface area contributed by atoms with Crippen LogP contribution in [-0.4, -0.2) is 72.2 Å². The Bertz CT molecular complexity index is 1490. The first-order valence-corrected chi connectivity index (χ1v) is 16.1. The molecule has 2 aliphatic rings. The zero-order chi connectivity index (χ0) is 31.6. The molecule has 0 aliphatic carbocycles. The maximum atomic E-state index is 13.2. The molecular weight excluding hydrogens is 564 g/mol. The minimum Gasteiger partial charge on any atom is -0.457 e. The molecule has 1 unspecified atom stereocenters. The fourth-order valence-corrected chi connectivity index (χ4v) is 5.88. The van der Waals surface area contributed by atoms with Crippen molar-refractivity contribution in [1.82, 2.24) is 20.0 Å². The van der Waals surface area contributed by atoms with Crippen LogP contribution in [-0.2, 0) is 9.53 Å². The van der Waals surface area contributed by atoms with Crippen LogP contribution in [0.25, 0.3) is 11.3 Å². The van der Waals surface area contributed by atoms with E-state index in [0.29, 0.717) is 24.8 Å². The molecule has 9 nitrogen and oxygen atoms in total. The number of likely N-dealkylation sites (tertiary alicyclic amines) is 1. The van der Waals surface area contributed by atoms with E-state index >= 15 is 0 Å². The molecule has 0 bridgehead atoms. The van der Waals surface area contributed by atoms with E-state index < -0.39 is 0 Å². The maximum Gasteiger partial charge on any atom is 0.246 e. The predicted octanol–water partition coefficient (Wildman–Crippen LogP) is 6.60. The Morgan fingerprint density at radius 2 is 1.82 bits per heavy atom. The van der Waals surface area contributed by atoms with Crippen molar-refractivity contribution in [3.63, 3.8) is 0 Å². The summed E-state index contributed by atoms with van der Waals surface area (Å²) in [6, 6.07) is 18.0. The molecule has 3 aromatic rings. The van der Waals surface area contributed by atoms with Crippen LogP contribution in [0.5, 0.6) is 11.5 Å². The normalized spacial score (nSPS) is 17.9. The van der Waals surface area contributed by atoms with Gasteiger partial charge in [0.1, 0.15) is 23.0 Å². The zero-order valence-electron chi connectivity index (χ0n) is 26.7. The molecule has 2 aromatic carbocycles. The number of benzene rings is 2. The lowest BCUT2D eigenvalue weighted by Gasteiger charge is -2.33. The van der Waals surface area contributed by atoms with E-state index in [9.17, 15) is 4.79 Å². The summed E-state index contributed by atoms with van der Waals surface area (Å²) in [7, 11) is 1.88. The lowest BCUT2D eigenvalue weighted by atomic mass is 10.0. The molecule has 2 aliphatic heterocycles. The predicted molar refractivity (Wildman–Crippen MR) is 180 cm³/mol. The van der Waals surface area contributed by atoms with E-state index in [1.165, 1.54) is 0 Å². The molecule has 2 fully saturated rings. The zero-order valence-corrected chi connectivity index (χ0v) is 26.7. The summed E-state index contributed by atoms with van der Waals surface area (Å²) >= 11 is 0. The van der Waals surface area contributed by atoms with E-state index in [1.54, 1.807) is 6.08 Å². The second-order valence-electron chi connectivity index (χ2n) is 11.7. The average Bonchev–Trinajstić information content (AvgIpc) is 3.48. The van der Waals surface area contributed by atoms with Gasteiger partial charge in [-0.2, -0.15) is 5.10 Å². The van der Waals surface area contributed by atoms with Gasteiger partial charge in [0.15, 0.2) is 0 Å². The standard InChI is InChI=1S/C36H46N6O3/c1-4-26(2)24-32(37)34-35(27-14-16-31(17-15-27)45-30-11-6-5-7-12-30)40-42(36(34)38-3)29-10-9-21-41(25-29)33(43)13-8-20-39-28-18-22-44-23-19-28/h5-8,11-17,24,28-29,37-39H,4,9-10,18-23,25H2,1-3H3. The first kappa shape index (κ1) is 32.2. The number of anilines is 1. The lowest BCUT2D eigenvalue weighted by Crippen LogP contribution is -2.40. The van der Waals surface area contributed by atoms with Crippen LogP contribution in [0.3, 0.4) is 0 Å². The SMILES string of the molecule is CCC(C)=CC(=N)c1c(-c2ccc(Oc3ccccc3)cc2)nn(C2CCCN(C(=O)C=CCNC3CCOCC3)C2)c1NC. The van der Waals surface area contributed by atoms with Gasteiger partial charge in [0.25, 0.3) is 0 Å². The molecular formula is C36H46N6O3. The van der Waals surface area contributed by atoms with Crippen molar-refractivity contribution in [2.24, 2.45) is 0 Å². The number of carbonyl (C=O) groups excluding carboxylic acids is 1. The highest BCUT2D eigenvalue weighted by molar-refractivity contribution is 6.14. The topological polar surface area (TPSA) is 105 Å². The lowest BCUT2D eigenvalue weighted by molar-refractivity contribution is -0.127. The van der Waals surface area contributed by atoms with E-state index in [1.807, 2.05) is 90.3 Å². The van der Waals surface area contributed by atoms with Crippen molar-refractivity contribution in [3.8, 4) is 22.8 Å². The third-order valence-corrected chi connectivity index (χ3v) is 8.53. The summed E-state index contributed by atoms with van der Waals surface area (Å²) in [5, 5.41) is 21.1. The van der Waals surface area contributed by atoms with Gasteiger partial charge in [-0.05, 0) is 81.5 Å². The Hall–Kier alpha value is -4.21. The molecule has 0 spiro atoms. The number of rotatable bonds is 12. The van der Waals surface area contributed by atoms with E-state index in [2.05, 4.69) is 17.6 Å². The Morgan fingerprint density at radius 1 is 1.09 bits per heavy atom. The van der Waals surface area contributed by atoms with Gasteiger partial charge in [0.05, 0.1) is 17.3 Å². The number of amides is 1. The van der Waals surface area contributed by atoms with Crippen LogP contribution < -0.4 is 15.4 Å². The molecule has 0 radical (unpaired) electrons. The van der Waals surface area contributed by atoms with Crippen molar-refractivity contribution in [2.45, 2.75) is 58.0 Å². The van der Waals surface area contributed by atoms with Crippen LogP contribution in [0.1, 0.15) is 57.6 Å². The third kappa shape index (κ3) is 8.29. The molecule has 3 heterocycles. The van der Waals surface area contributed by atoms with Crippen molar-refractivity contribution < 1.29 is 14.3 Å². The number of aromatic nitrogens is 2. The third-order valence-electron chi connectivity index (χ3n) is 8.53. The Morgan fingerprint density at radius 3 is 2.53 bits per heavy atom. The summed E-state index contributed by atoms with van der Waals surface area (Å²) in [5.74, 6) is 2.32. The largest absolute Gasteiger partial charge is 0.457 e. The summed E-state index contributed by atoms with van der Waals surface area (Å²) in [6.07, 6.45) is 10.2. The summed E-state index contributed by atoms with van der Waals surface area (Å²) in [4.78, 5) is 15.1. The number of carbonyl (C=O) groups is 1. The molecule has 1 aromatic heterocycles. The van der Waals surface area contributed by atoms with Gasteiger partial charge in [0, 0.05) is 57.6 Å². The highest BCUT2D eigenvalue weighted by Crippen LogP contribution is 2.35. The van der Waals surface area contributed by atoms with E-state index in [0.717, 1.165) is 91.6 Å². The number of para-hydroxylation sites is 1. The highest BCUT2D eigenvalue weighted by Gasteiger charge is 2.30. The first-order chi connectivity index (χ1) is 22.0. The average molecular weight is 611 g/mol. The van der Waals surface area contributed by atoms with Gasteiger partial charge in [-0.1, -0.05) is 36.8 Å². The first-order valence-electron chi connectivity index (χ1n) is 16.1. The van der Waals surface area contributed by atoms with E-state index in [-0.39, 0.29) is 11.9 Å². The van der Waals surface area contributed by atoms with Crippen LogP contribution in [0.2, 0.25) is 0 Å². The summed E-state index contributed by atoms with van der Waals surface area (Å²) < 4.78 is 13.4. The summed E-state index contributed by atoms with van der Waals surface area (Å²) in [6.45, 7) is 7.69. The highest BCUT2D eigenvalue weighted by atomic mass is 16.5. The Labute approximate surface area is 266 Å². The van der Waals surface area contributed by atoms with Gasteiger partial charge in [-0.15, -0.1) is 0 Å². The van der Waals surface area contributed by atoms with Crippen LogP contribution in [0.15, 0.2) is 78.4 Å². The molecule has 5 rings (SSSR count). The molecule has 1 atom stereocenters. The second-order valence-corrected chi connectivity index (χ2v) is 11.7. The smallest absolute Gasteiger partial charge is 0.246 e. The quantitative estimate of drug-likeness (QED) is 0.158. The molecule has 3 N–H and O–H groups in total. The van der Waals surface area contributed by atoms with Crippen LogP contribution in [0.4, 0.5) is 5.82 Å². The van der Waals surface area contributed by atoms with Gasteiger partial charge >= 0.3 is 0 Å². The van der Waals surface area contributed by atoms with Crippen molar-refractivity contribution in [3.05, 3.63) is 84.0 Å². The minimum atomic E-state index is -0.0175. The van der Waals surface area contributed by atoms with Crippen LogP contribution in [0, 0.1) is 5.41 Å². The fourth-order valence-electron chi connectivity index (χ4n) is 5.88. The van der Waals surface area contributed by atoms with Crippen molar-refractivity contribution >= 4 is 17.4 Å². The van der Waals surface area contributed by atoms with Crippen molar-refractivity contribution in [1.29, 1.82) is 5.41 Å². The number of piperidine rings is 1. The number of allylic oxidation sites excluding steroid dienone is 2. The van der Waals surface area contributed by atoms with Gasteiger partial charge in [0.2, 0.25) is 5.91 Å². The monoisotopic (exact) mass is 610 g/mol. The van der Waals surface area contributed by atoms with E-state index in [4.69, 9.17) is 20.0 Å². The maximum absolute atomic E-state index is 13.2. The van der Waals surface area contributed by atoms with Gasteiger partial charge < -0.3 is 30.4 Å². The number of ether oxygens (including phenoxy) is 2. The molecule has 238 valence electrons. The van der Waals surface area contributed by atoms with Gasteiger partial charge in [-0.25, -0.2) is 4.68 Å². The number of hydrogen-bond donors (Lipinski definition) is 3. The number of nitrogens with one attached hydrogen (secondary N) is 3. The second kappa shape index (κ2) is 15.7. The fraction of sp³-hybridized carbons (Fsp3) is 0.417. The number of nitrogens with zero attached hydrogens (tertiary/aromatic N) is 3. The van der Waals surface area contributed by atoms with Crippen molar-refractivity contribution in [2.75, 3.05) is 45.2 Å². The van der Waals surface area contributed by atoms with Crippen LogP contribution >= 0.6 is 0 Å².